The van der Waals surface area contributed by atoms with Gasteiger partial charge in [-0.05, 0) is 43.3 Å². The molecular weight excluding hydrogens is 443 g/mol. The second-order valence-electron chi connectivity index (χ2n) is 6.81. The molecule has 0 radical (unpaired) electrons. The first-order chi connectivity index (χ1) is 13.4. The molecule has 10 heteroatoms. The van der Waals surface area contributed by atoms with Crippen molar-refractivity contribution in [2.75, 3.05) is 20.1 Å². The number of likely N-dealkylation sites (tertiary alicyclic amines) is 1. The summed E-state index contributed by atoms with van der Waals surface area (Å²) in [5.41, 5.74) is -1.89. The highest BCUT2D eigenvalue weighted by Gasteiger charge is 2.36. The Balaban J connectivity index is 2.06. The molecule has 1 aliphatic rings. The number of ether oxygens (including phenoxy) is 1. The Morgan fingerprint density at radius 1 is 0.966 bits per heavy atom. The molecule has 0 amide bonds. The van der Waals surface area contributed by atoms with Crippen LogP contribution in [0.1, 0.15) is 17.5 Å². The van der Waals surface area contributed by atoms with Gasteiger partial charge in [0.15, 0.2) is 0 Å². The van der Waals surface area contributed by atoms with E-state index in [0.29, 0.717) is 31.6 Å². The van der Waals surface area contributed by atoms with Gasteiger partial charge in [0.25, 0.3) is 0 Å². The summed E-state index contributed by atoms with van der Waals surface area (Å²) < 4.78 is 84.6. The van der Waals surface area contributed by atoms with Crippen molar-refractivity contribution < 1.29 is 31.1 Å². The quantitative estimate of drug-likeness (QED) is 0.471. The van der Waals surface area contributed by atoms with Crippen LogP contribution in [0.3, 0.4) is 0 Å². The number of alkyl halides is 6. The molecule has 3 rings (SSSR count). The van der Waals surface area contributed by atoms with Crippen LogP contribution in [-0.2, 0) is 12.4 Å². The van der Waals surface area contributed by atoms with Gasteiger partial charge in [0.05, 0.1) is 21.2 Å². The van der Waals surface area contributed by atoms with Crippen LogP contribution in [-0.4, -0.2) is 31.1 Å². The van der Waals surface area contributed by atoms with Gasteiger partial charge in [-0.15, -0.1) is 0 Å². The first-order valence-electron chi connectivity index (χ1n) is 8.49. The van der Waals surface area contributed by atoms with E-state index in [9.17, 15) is 26.3 Å². The topological polar surface area (TPSA) is 12.5 Å². The number of likely N-dealkylation sites (N-methyl/N-ethyl adjacent to an activating group) is 1. The Labute approximate surface area is 173 Å². The third kappa shape index (κ3) is 4.92. The third-order valence-corrected chi connectivity index (χ3v) is 5.18. The Morgan fingerprint density at radius 2 is 1.59 bits per heavy atom. The smallest absolute Gasteiger partial charge is 0.419 e. The van der Waals surface area contributed by atoms with Crippen molar-refractivity contribution in [3.63, 3.8) is 0 Å². The lowest BCUT2D eigenvalue weighted by molar-refractivity contribution is -0.139. The standard InChI is InChI=1S/C19H15Cl2F6NO/c1-28-5-4-12(9-28)29-16-6-10(2-3-13(16)19(25,26)27)17-14(20)7-11(8-15(17)21)18(22,23)24/h2-3,6-8,12H,4-5,9H2,1H3/t12-/m1/s1. The highest BCUT2D eigenvalue weighted by atomic mass is 35.5. The van der Waals surface area contributed by atoms with Crippen LogP contribution >= 0.6 is 23.2 Å². The first-order valence-corrected chi connectivity index (χ1v) is 9.25. The molecule has 2 aromatic rings. The molecule has 0 bridgehead atoms. The number of hydrogen-bond donors (Lipinski definition) is 0. The maximum absolute atomic E-state index is 13.4. The van der Waals surface area contributed by atoms with E-state index in [0.717, 1.165) is 18.2 Å². The van der Waals surface area contributed by atoms with Gasteiger partial charge in [-0.1, -0.05) is 29.3 Å². The van der Waals surface area contributed by atoms with Crippen molar-refractivity contribution in [2.24, 2.45) is 0 Å². The number of rotatable bonds is 3. The van der Waals surface area contributed by atoms with Crippen LogP contribution in [0, 0.1) is 0 Å². The van der Waals surface area contributed by atoms with Gasteiger partial charge in [0, 0.05) is 18.7 Å². The largest absolute Gasteiger partial charge is 0.488 e. The lowest BCUT2D eigenvalue weighted by Crippen LogP contribution is -2.22. The highest BCUT2D eigenvalue weighted by molar-refractivity contribution is 6.39. The molecule has 2 aromatic carbocycles. The van der Waals surface area contributed by atoms with Crippen LogP contribution in [0.5, 0.6) is 5.75 Å². The molecule has 1 fully saturated rings. The average molecular weight is 458 g/mol. The first kappa shape index (κ1) is 22.1. The fraction of sp³-hybridized carbons (Fsp3) is 0.368. The highest BCUT2D eigenvalue weighted by Crippen LogP contribution is 2.44. The van der Waals surface area contributed by atoms with E-state index in [-0.39, 0.29) is 21.2 Å². The summed E-state index contributed by atoms with van der Waals surface area (Å²) in [6.07, 6.45) is -9.20. The van der Waals surface area contributed by atoms with Crippen LogP contribution in [0.2, 0.25) is 10.0 Å². The zero-order chi connectivity index (χ0) is 21.6. The summed E-state index contributed by atoms with van der Waals surface area (Å²) in [4.78, 5) is 1.92. The van der Waals surface area contributed by atoms with Gasteiger partial charge >= 0.3 is 12.4 Å². The van der Waals surface area contributed by atoms with Crippen molar-refractivity contribution in [1.29, 1.82) is 0 Å². The van der Waals surface area contributed by atoms with Gasteiger partial charge in [-0.2, -0.15) is 26.3 Å². The van der Waals surface area contributed by atoms with Crippen LogP contribution < -0.4 is 4.74 Å². The van der Waals surface area contributed by atoms with Gasteiger partial charge in [0.1, 0.15) is 11.9 Å². The minimum absolute atomic E-state index is 0.00319. The monoisotopic (exact) mass is 457 g/mol. The summed E-state index contributed by atoms with van der Waals surface area (Å²) in [5.74, 6) is -0.415. The van der Waals surface area contributed by atoms with E-state index in [1.165, 1.54) is 0 Å². The third-order valence-electron chi connectivity index (χ3n) is 4.59. The minimum Gasteiger partial charge on any atom is -0.488 e. The molecule has 1 aliphatic heterocycles. The SMILES string of the molecule is CN1CC[C@@H](Oc2cc(-c3c(Cl)cc(C(F)(F)F)cc3Cl)ccc2C(F)(F)F)C1. The molecular formula is C19H15Cl2F6NO. The van der Waals surface area contributed by atoms with Gasteiger partial charge in [-0.25, -0.2) is 0 Å². The van der Waals surface area contributed by atoms with E-state index in [2.05, 4.69) is 0 Å². The molecule has 0 unspecified atom stereocenters. The lowest BCUT2D eigenvalue weighted by Gasteiger charge is -2.20. The van der Waals surface area contributed by atoms with Crippen molar-refractivity contribution in [2.45, 2.75) is 24.9 Å². The van der Waals surface area contributed by atoms with Gasteiger partial charge in [-0.3, -0.25) is 0 Å². The van der Waals surface area contributed by atoms with E-state index in [4.69, 9.17) is 27.9 Å². The molecule has 0 aromatic heterocycles. The normalized spacial score (nSPS) is 18.3. The maximum atomic E-state index is 13.4. The average Bonchev–Trinajstić information content (AvgIpc) is 2.97. The number of benzene rings is 2. The molecule has 0 aliphatic carbocycles. The number of nitrogens with zero attached hydrogens (tertiary/aromatic N) is 1. The fourth-order valence-electron chi connectivity index (χ4n) is 3.19. The predicted octanol–water partition coefficient (Wildman–Crippen LogP) is 6.78. The molecule has 1 saturated heterocycles. The van der Waals surface area contributed by atoms with Crippen molar-refractivity contribution in [3.8, 4) is 16.9 Å². The molecule has 2 nitrogen and oxygen atoms in total. The second-order valence-corrected chi connectivity index (χ2v) is 7.63. The molecule has 29 heavy (non-hydrogen) atoms. The van der Waals surface area contributed by atoms with Crippen molar-refractivity contribution >= 4 is 23.2 Å². The molecule has 158 valence electrons. The summed E-state index contributed by atoms with van der Waals surface area (Å²) in [6.45, 7) is 1.14. The van der Waals surface area contributed by atoms with Crippen LogP contribution in [0.15, 0.2) is 30.3 Å². The van der Waals surface area contributed by atoms with Crippen molar-refractivity contribution in [3.05, 3.63) is 51.5 Å². The fourth-order valence-corrected chi connectivity index (χ4v) is 3.90. The van der Waals surface area contributed by atoms with Gasteiger partial charge in [0.2, 0.25) is 0 Å². The summed E-state index contributed by atoms with van der Waals surface area (Å²) in [6, 6.07) is 4.41. The van der Waals surface area contributed by atoms with Gasteiger partial charge < -0.3 is 9.64 Å². The zero-order valence-electron chi connectivity index (χ0n) is 15.0. The van der Waals surface area contributed by atoms with E-state index >= 15 is 0 Å². The lowest BCUT2D eigenvalue weighted by atomic mass is 10.0. The van der Waals surface area contributed by atoms with E-state index < -0.39 is 35.3 Å². The molecule has 1 atom stereocenters. The van der Waals surface area contributed by atoms with Crippen LogP contribution in [0.4, 0.5) is 26.3 Å². The molecule has 0 saturated carbocycles. The van der Waals surface area contributed by atoms with Crippen molar-refractivity contribution in [1.82, 2.24) is 4.90 Å². The Morgan fingerprint density at radius 3 is 2.07 bits per heavy atom. The Hall–Kier alpha value is -1.64. The molecule has 0 spiro atoms. The Kier molecular flexibility index (Phi) is 6.00. The maximum Gasteiger partial charge on any atom is 0.419 e. The predicted molar refractivity (Wildman–Crippen MR) is 98.4 cm³/mol. The van der Waals surface area contributed by atoms with E-state index in [1.807, 2.05) is 11.9 Å². The number of halogens is 8. The van der Waals surface area contributed by atoms with Crippen LogP contribution in [0.25, 0.3) is 11.1 Å². The molecule has 0 N–H and O–H groups in total. The number of hydrogen-bond acceptors (Lipinski definition) is 2. The minimum atomic E-state index is -4.66. The molecule has 1 heterocycles. The second kappa shape index (κ2) is 7.89. The summed E-state index contributed by atoms with van der Waals surface area (Å²) >= 11 is 12.0. The summed E-state index contributed by atoms with van der Waals surface area (Å²) in [7, 11) is 1.83. The Bertz CT molecular complexity index is 890. The summed E-state index contributed by atoms with van der Waals surface area (Å²) in [5, 5.41) is -0.646. The van der Waals surface area contributed by atoms with E-state index in [1.54, 1.807) is 0 Å². The zero-order valence-corrected chi connectivity index (χ0v) is 16.5.